The number of benzene rings is 1. The molecule has 16 heavy (non-hydrogen) atoms. The second-order valence-corrected chi connectivity index (χ2v) is 4.67. The van der Waals surface area contributed by atoms with Crippen LogP contribution in [0.1, 0.15) is 29.3 Å². The molecule has 1 N–H and O–H groups in total. The standard InChI is InChI=1S/C13H17NO2/c1-9-3-4-12(15)11(7-9)13(16)14-6-5-10(2)8-14/h3-4,7,10,15H,5-6,8H2,1-2H3. The van der Waals surface area contributed by atoms with Crippen molar-refractivity contribution < 1.29 is 9.90 Å². The molecule has 2 rings (SSSR count). The predicted molar refractivity (Wildman–Crippen MR) is 62.5 cm³/mol. The highest BCUT2D eigenvalue weighted by Crippen LogP contribution is 2.23. The van der Waals surface area contributed by atoms with Gasteiger partial charge < -0.3 is 10.0 Å². The van der Waals surface area contributed by atoms with Gasteiger partial charge in [-0.2, -0.15) is 0 Å². The van der Waals surface area contributed by atoms with Gasteiger partial charge >= 0.3 is 0 Å². The molecule has 1 aliphatic rings. The van der Waals surface area contributed by atoms with Crippen molar-refractivity contribution in [1.29, 1.82) is 0 Å². The zero-order chi connectivity index (χ0) is 11.7. The molecule has 0 bridgehead atoms. The maximum Gasteiger partial charge on any atom is 0.257 e. The SMILES string of the molecule is Cc1ccc(O)c(C(=O)N2CCC(C)C2)c1. The Kier molecular flexibility index (Phi) is 2.86. The topological polar surface area (TPSA) is 40.5 Å². The van der Waals surface area contributed by atoms with Crippen molar-refractivity contribution in [3.63, 3.8) is 0 Å². The lowest BCUT2D eigenvalue weighted by Crippen LogP contribution is -2.28. The third kappa shape index (κ3) is 2.03. The first-order valence-corrected chi connectivity index (χ1v) is 5.67. The average Bonchev–Trinajstić information content (AvgIpc) is 2.67. The molecule has 1 aromatic carbocycles. The number of amides is 1. The molecule has 1 unspecified atom stereocenters. The van der Waals surface area contributed by atoms with E-state index in [2.05, 4.69) is 6.92 Å². The second kappa shape index (κ2) is 4.16. The average molecular weight is 219 g/mol. The van der Waals surface area contributed by atoms with Crippen molar-refractivity contribution >= 4 is 5.91 Å². The van der Waals surface area contributed by atoms with E-state index in [-0.39, 0.29) is 11.7 Å². The number of hydrogen-bond donors (Lipinski definition) is 1. The van der Waals surface area contributed by atoms with E-state index >= 15 is 0 Å². The Morgan fingerprint density at radius 2 is 2.25 bits per heavy atom. The zero-order valence-electron chi connectivity index (χ0n) is 9.73. The van der Waals surface area contributed by atoms with Crippen LogP contribution in [0.15, 0.2) is 18.2 Å². The van der Waals surface area contributed by atoms with E-state index in [4.69, 9.17) is 0 Å². The summed E-state index contributed by atoms with van der Waals surface area (Å²) in [5.41, 5.74) is 1.42. The summed E-state index contributed by atoms with van der Waals surface area (Å²) in [7, 11) is 0. The summed E-state index contributed by atoms with van der Waals surface area (Å²) in [4.78, 5) is 14.0. The first kappa shape index (κ1) is 11.0. The minimum atomic E-state index is -0.0504. The summed E-state index contributed by atoms with van der Waals surface area (Å²) in [6.07, 6.45) is 1.05. The van der Waals surface area contributed by atoms with Crippen molar-refractivity contribution in [1.82, 2.24) is 4.90 Å². The van der Waals surface area contributed by atoms with E-state index < -0.39 is 0 Å². The zero-order valence-corrected chi connectivity index (χ0v) is 9.73. The summed E-state index contributed by atoms with van der Waals surface area (Å²) < 4.78 is 0. The van der Waals surface area contributed by atoms with Crippen LogP contribution in [-0.4, -0.2) is 29.0 Å². The number of phenols is 1. The van der Waals surface area contributed by atoms with E-state index in [1.54, 1.807) is 18.2 Å². The van der Waals surface area contributed by atoms with Crippen LogP contribution in [0.3, 0.4) is 0 Å². The Bertz CT molecular complexity index is 414. The van der Waals surface area contributed by atoms with Crippen molar-refractivity contribution in [2.75, 3.05) is 13.1 Å². The number of likely N-dealkylation sites (tertiary alicyclic amines) is 1. The van der Waals surface area contributed by atoms with Gasteiger partial charge in [0.2, 0.25) is 0 Å². The third-order valence-electron chi connectivity index (χ3n) is 3.09. The fraction of sp³-hybridized carbons (Fsp3) is 0.462. The van der Waals surface area contributed by atoms with Gasteiger partial charge in [-0.1, -0.05) is 18.6 Å². The van der Waals surface area contributed by atoms with Crippen molar-refractivity contribution in [2.24, 2.45) is 5.92 Å². The molecule has 0 saturated carbocycles. The molecule has 1 amide bonds. The van der Waals surface area contributed by atoms with E-state index in [9.17, 15) is 9.90 Å². The number of phenolic OH excluding ortho intramolecular Hbond substituents is 1. The monoisotopic (exact) mass is 219 g/mol. The normalized spacial score (nSPS) is 20.1. The fourth-order valence-electron chi connectivity index (χ4n) is 2.11. The van der Waals surface area contributed by atoms with Crippen LogP contribution in [-0.2, 0) is 0 Å². The maximum absolute atomic E-state index is 12.1. The number of aromatic hydroxyl groups is 1. The molecule has 3 nitrogen and oxygen atoms in total. The minimum Gasteiger partial charge on any atom is -0.507 e. The van der Waals surface area contributed by atoms with E-state index in [0.717, 1.165) is 25.1 Å². The summed E-state index contributed by atoms with van der Waals surface area (Å²) in [6.45, 7) is 5.66. The fourth-order valence-corrected chi connectivity index (χ4v) is 2.11. The number of rotatable bonds is 1. The summed E-state index contributed by atoms with van der Waals surface area (Å²) in [5, 5.41) is 9.68. The van der Waals surface area contributed by atoms with Crippen LogP contribution >= 0.6 is 0 Å². The maximum atomic E-state index is 12.1. The highest BCUT2D eigenvalue weighted by molar-refractivity contribution is 5.97. The molecule has 1 aliphatic heterocycles. The number of nitrogens with zero attached hydrogens (tertiary/aromatic N) is 1. The van der Waals surface area contributed by atoms with Gasteiger partial charge in [-0.15, -0.1) is 0 Å². The Hall–Kier alpha value is -1.51. The van der Waals surface area contributed by atoms with E-state index in [1.807, 2.05) is 11.8 Å². The Morgan fingerprint density at radius 1 is 1.50 bits per heavy atom. The van der Waals surface area contributed by atoms with Gasteiger partial charge in [0.05, 0.1) is 5.56 Å². The Balaban J connectivity index is 2.23. The van der Waals surface area contributed by atoms with Gasteiger partial charge in [0, 0.05) is 13.1 Å². The third-order valence-corrected chi connectivity index (χ3v) is 3.09. The molecule has 3 heteroatoms. The van der Waals surface area contributed by atoms with E-state index in [1.165, 1.54) is 0 Å². The molecular weight excluding hydrogens is 202 g/mol. The number of carbonyl (C=O) groups is 1. The first-order chi connectivity index (χ1) is 7.58. The molecule has 0 radical (unpaired) electrons. The van der Waals surface area contributed by atoms with Crippen LogP contribution in [0.5, 0.6) is 5.75 Å². The lowest BCUT2D eigenvalue weighted by molar-refractivity contribution is 0.0785. The Morgan fingerprint density at radius 3 is 2.88 bits per heavy atom. The Labute approximate surface area is 95.7 Å². The van der Waals surface area contributed by atoms with Crippen LogP contribution in [0, 0.1) is 12.8 Å². The molecule has 1 fully saturated rings. The van der Waals surface area contributed by atoms with Crippen LogP contribution in [0.2, 0.25) is 0 Å². The molecule has 1 atom stereocenters. The van der Waals surface area contributed by atoms with Crippen molar-refractivity contribution in [2.45, 2.75) is 20.3 Å². The highest BCUT2D eigenvalue weighted by Gasteiger charge is 2.25. The minimum absolute atomic E-state index is 0.0504. The summed E-state index contributed by atoms with van der Waals surface area (Å²) in [6, 6.07) is 5.14. The van der Waals surface area contributed by atoms with E-state index in [0.29, 0.717) is 11.5 Å². The smallest absolute Gasteiger partial charge is 0.257 e. The quantitative estimate of drug-likeness (QED) is 0.786. The number of hydrogen-bond acceptors (Lipinski definition) is 2. The van der Waals surface area contributed by atoms with Gasteiger partial charge in [0.25, 0.3) is 5.91 Å². The van der Waals surface area contributed by atoms with Crippen LogP contribution < -0.4 is 0 Å². The molecule has 1 heterocycles. The van der Waals surface area contributed by atoms with Gasteiger partial charge in [0.1, 0.15) is 5.75 Å². The molecule has 0 aromatic heterocycles. The summed E-state index contributed by atoms with van der Waals surface area (Å²) in [5.74, 6) is 0.594. The highest BCUT2D eigenvalue weighted by atomic mass is 16.3. The molecule has 1 aromatic rings. The van der Waals surface area contributed by atoms with Crippen LogP contribution in [0.4, 0.5) is 0 Å². The summed E-state index contributed by atoms with van der Waals surface area (Å²) >= 11 is 0. The van der Waals surface area contributed by atoms with Gasteiger partial charge in [-0.25, -0.2) is 0 Å². The van der Waals surface area contributed by atoms with Gasteiger partial charge in [-0.3, -0.25) is 4.79 Å². The number of carbonyl (C=O) groups excluding carboxylic acids is 1. The molecular formula is C13H17NO2. The lowest BCUT2D eigenvalue weighted by Gasteiger charge is -2.16. The molecule has 0 aliphatic carbocycles. The molecule has 86 valence electrons. The van der Waals surface area contributed by atoms with Crippen LogP contribution in [0.25, 0.3) is 0 Å². The number of aryl methyl sites for hydroxylation is 1. The van der Waals surface area contributed by atoms with Gasteiger partial charge in [-0.05, 0) is 31.4 Å². The van der Waals surface area contributed by atoms with Gasteiger partial charge in [0.15, 0.2) is 0 Å². The predicted octanol–water partition coefficient (Wildman–Crippen LogP) is 2.18. The van der Waals surface area contributed by atoms with Crippen molar-refractivity contribution in [3.8, 4) is 5.75 Å². The molecule has 1 saturated heterocycles. The van der Waals surface area contributed by atoms with Crippen molar-refractivity contribution in [3.05, 3.63) is 29.3 Å². The second-order valence-electron chi connectivity index (χ2n) is 4.67. The first-order valence-electron chi connectivity index (χ1n) is 5.67. The molecule has 0 spiro atoms. The largest absolute Gasteiger partial charge is 0.507 e. The lowest BCUT2D eigenvalue weighted by atomic mass is 10.1.